The van der Waals surface area contributed by atoms with Crippen LogP contribution in [0.4, 0.5) is 4.39 Å². The van der Waals surface area contributed by atoms with Crippen LogP contribution in [0, 0.1) is 17.2 Å². The Labute approximate surface area is 135 Å². The molecule has 2 rings (SSSR count). The lowest BCUT2D eigenvalue weighted by Gasteiger charge is -2.43. The van der Waals surface area contributed by atoms with Gasteiger partial charge < -0.3 is 10.8 Å². The van der Waals surface area contributed by atoms with E-state index in [1.54, 1.807) is 6.92 Å². The van der Waals surface area contributed by atoms with Crippen molar-refractivity contribution >= 4 is 23.2 Å². The van der Waals surface area contributed by atoms with Gasteiger partial charge in [0.2, 0.25) is 0 Å². The molecule has 0 aromatic heterocycles. The van der Waals surface area contributed by atoms with E-state index in [1.165, 1.54) is 12.1 Å². The van der Waals surface area contributed by atoms with Crippen LogP contribution < -0.4 is 5.73 Å². The van der Waals surface area contributed by atoms with Crippen molar-refractivity contribution in [2.45, 2.75) is 45.1 Å². The monoisotopic (exact) mass is 333 g/mol. The minimum absolute atomic E-state index is 0.0424. The van der Waals surface area contributed by atoms with Crippen LogP contribution in [-0.2, 0) is 5.60 Å². The zero-order chi connectivity index (χ0) is 15.8. The van der Waals surface area contributed by atoms with Gasteiger partial charge >= 0.3 is 0 Å². The summed E-state index contributed by atoms with van der Waals surface area (Å²) in [5.41, 5.74) is 4.61. The highest BCUT2D eigenvalue weighted by atomic mass is 35.5. The predicted octanol–water partition coefficient (Wildman–Crippen LogP) is 4.50. The van der Waals surface area contributed by atoms with Gasteiger partial charge in [0.25, 0.3) is 0 Å². The first kappa shape index (κ1) is 17.0. The Morgan fingerprint density at radius 3 is 2.62 bits per heavy atom. The van der Waals surface area contributed by atoms with Crippen LogP contribution in [0.3, 0.4) is 0 Å². The second kappa shape index (κ2) is 6.04. The molecule has 0 spiro atoms. The number of rotatable bonds is 4. The van der Waals surface area contributed by atoms with E-state index in [-0.39, 0.29) is 10.0 Å². The molecular formula is C16H22Cl2FNO. The highest BCUT2D eigenvalue weighted by Gasteiger charge is 2.52. The van der Waals surface area contributed by atoms with Crippen molar-refractivity contribution in [2.24, 2.45) is 17.1 Å². The Kier molecular flexibility index (Phi) is 4.89. The molecule has 1 aromatic carbocycles. The third kappa shape index (κ3) is 2.81. The van der Waals surface area contributed by atoms with Crippen molar-refractivity contribution in [3.8, 4) is 0 Å². The van der Waals surface area contributed by atoms with Gasteiger partial charge in [-0.3, -0.25) is 0 Å². The molecule has 1 fully saturated rings. The van der Waals surface area contributed by atoms with E-state index in [0.29, 0.717) is 18.0 Å². The van der Waals surface area contributed by atoms with E-state index in [0.717, 1.165) is 25.7 Å². The average Bonchev–Trinajstić information content (AvgIpc) is 2.88. The minimum atomic E-state index is -1.28. The standard InChI is InChI=1S/C16H22Cl2FNO/c1-3-10-4-5-16(8-10,9-20)15(2,21)11-6-14(19)13(18)7-12(11)17/h6-7,10,21H,3-5,8-9,20H2,1-2H3. The Hall–Kier alpha value is -0.350. The third-order valence-corrected chi connectivity index (χ3v) is 5.85. The molecule has 0 aliphatic heterocycles. The van der Waals surface area contributed by atoms with E-state index in [9.17, 15) is 9.50 Å². The topological polar surface area (TPSA) is 46.2 Å². The molecule has 0 heterocycles. The molecule has 5 heteroatoms. The molecule has 1 aliphatic rings. The number of aliphatic hydroxyl groups is 1. The summed E-state index contributed by atoms with van der Waals surface area (Å²) in [6.07, 6.45) is 3.72. The van der Waals surface area contributed by atoms with Crippen molar-refractivity contribution in [3.05, 3.63) is 33.6 Å². The van der Waals surface area contributed by atoms with Crippen LogP contribution >= 0.6 is 23.2 Å². The molecule has 0 bridgehead atoms. The first-order valence-electron chi connectivity index (χ1n) is 7.35. The van der Waals surface area contributed by atoms with Gasteiger partial charge in [-0.15, -0.1) is 0 Å². The molecule has 3 unspecified atom stereocenters. The maximum absolute atomic E-state index is 13.8. The fourth-order valence-electron chi connectivity index (χ4n) is 3.59. The largest absolute Gasteiger partial charge is 0.385 e. The smallest absolute Gasteiger partial charge is 0.142 e. The van der Waals surface area contributed by atoms with Crippen molar-refractivity contribution in [2.75, 3.05) is 6.54 Å². The second-order valence-electron chi connectivity index (χ2n) is 6.32. The summed E-state index contributed by atoms with van der Waals surface area (Å²) in [5, 5.41) is 11.4. The lowest BCUT2D eigenvalue weighted by atomic mass is 9.67. The van der Waals surface area contributed by atoms with Crippen LogP contribution in [0.5, 0.6) is 0 Å². The van der Waals surface area contributed by atoms with E-state index < -0.39 is 16.8 Å². The molecule has 3 N–H and O–H groups in total. The maximum atomic E-state index is 13.8. The fourth-order valence-corrected chi connectivity index (χ4v) is 4.16. The number of nitrogens with two attached hydrogens (primary N) is 1. The van der Waals surface area contributed by atoms with Gasteiger partial charge in [-0.1, -0.05) is 36.5 Å². The Morgan fingerprint density at radius 1 is 1.43 bits per heavy atom. The number of halogens is 3. The molecule has 1 saturated carbocycles. The molecule has 2 nitrogen and oxygen atoms in total. The summed E-state index contributed by atoms with van der Waals surface area (Å²) < 4.78 is 13.8. The third-order valence-electron chi connectivity index (χ3n) is 5.25. The molecular weight excluding hydrogens is 312 g/mol. The number of benzene rings is 1. The Morgan fingerprint density at radius 2 is 2.10 bits per heavy atom. The zero-order valence-corrected chi connectivity index (χ0v) is 13.9. The van der Waals surface area contributed by atoms with Crippen LogP contribution in [-0.4, -0.2) is 11.7 Å². The number of hydrogen-bond donors (Lipinski definition) is 2. The van der Waals surface area contributed by atoms with Gasteiger partial charge in [-0.25, -0.2) is 4.39 Å². The first-order valence-corrected chi connectivity index (χ1v) is 8.10. The minimum Gasteiger partial charge on any atom is -0.385 e. The lowest BCUT2D eigenvalue weighted by molar-refractivity contribution is -0.0716. The molecule has 3 atom stereocenters. The van der Waals surface area contributed by atoms with Crippen LogP contribution in [0.2, 0.25) is 10.0 Å². The van der Waals surface area contributed by atoms with E-state index in [1.807, 2.05) is 0 Å². The van der Waals surface area contributed by atoms with Gasteiger partial charge in [0.05, 0.1) is 10.6 Å². The van der Waals surface area contributed by atoms with Crippen molar-refractivity contribution in [1.29, 1.82) is 0 Å². The van der Waals surface area contributed by atoms with Gasteiger partial charge in [0.1, 0.15) is 5.82 Å². The van der Waals surface area contributed by atoms with Crippen LogP contribution in [0.25, 0.3) is 0 Å². The highest BCUT2D eigenvalue weighted by Crippen LogP contribution is 2.54. The average molecular weight is 334 g/mol. The summed E-state index contributed by atoms with van der Waals surface area (Å²) in [7, 11) is 0. The Bertz CT molecular complexity index is 535. The van der Waals surface area contributed by atoms with Gasteiger partial charge in [-0.2, -0.15) is 0 Å². The molecule has 1 aliphatic carbocycles. The molecule has 0 saturated heterocycles. The molecule has 0 radical (unpaired) electrons. The van der Waals surface area contributed by atoms with Crippen LogP contribution in [0.1, 0.15) is 45.1 Å². The quantitative estimate of drug-likeness (QED) is 0.797. The fraction of sp³-hybridized carbons (Fsp3) is 0.625. The maximum Gasteiger partial charge on any atom is 0.142 e. The summed E-state index contributed by atoms with van der Waals surface area (Å²) in [6.45, 7) is 4.17. The van der Waals surface area contributed by atoms with Gasteiger partial charge in [0, 0.05) is 22.5 Å². The van der Waals surface area contributed by atoms with E-state index in [4.69, 9.17) is 28.9 Å². The van der Waals surface area contributed by atoms with Crippen molar-refractivity contribution in [1.82, 2.24) is 0 Å². The lowest BCUT2D eigenvalue weighted by Crippen LogP contribution is -2.47. The summed E-state index contributed by atoms with van der Waals surface area (Å²) in [6, 6.07) is 2.58. The predicted molar refractivity (Wildman–Crippen MR) is 85.1 cm³/mol. The summed E-state index contributed by atoms with van der Waals surface area (Å²) in [4.78, 5) is 0. The van der Waals surface area contributed by atoms with Crippen LogP contribution in [0.15, 0.2) is 12.1 Å². The van der Waals surface area contributed by atoms with E-state index >= 15 is 0 Å². The molecule has 0 amide bonds. The molecule has 21 heavy (non-hydrogen) atoms. The Balaban J connectivity index is 2.47. The summed E-state index contributed by atoms with van der Waals surface area (Å²) in [5.74, 6) is -0.0375. The van der Waals surface area contributed by atoms with Crippen molar-refractivity contribution < 1.29 is 9.50 Å². The van der Waals surface area contributed by atoms with E-state index in [2.05, 4.69) is 6.92 Å². The van der Waals surface area contributed by atoms with Gasteiger partial charge in [-0.05, 0) is 44.2 Å². The number of hydrogen-bond acceptors (Lipinski definition) is 2. The highest BCUT2D eigenvalue weighted by molar-refractivity contribution is 6.35. The second-order valence-corrected chi connectivity index (χ2v) is 7.13. The molecule has 118 valence electrons. The molecule has 1 aromatic rings. The zero-order valence-electron chi connectivity index (χ0n) is 12.4. The SMILES string of the molecule is CCC1CCC(CN)(C(C)(O)c2cc(F)c(Cl)cc2Cl)C1. The van der Waals surface area contributed by atoms with Gasteiger partial charge in [0.15, 0.2) is 0 Å². The van der Waals surface area contributed by atoms with Crippen molar-refractivity contribution in [3.63, 3.8) is 0 Å². The first-order chi connectivity index (χ1) is 9.77. The normalized spacial score (nSPS) is 28.6. The summed E-state index contributed by atoms with van der Waals surface area (Å²) >= 11 is 11.9.